The average molecular weight is 261 g/mol. The molecule has 0 fully saturated rings. The van der Waals surface area contributed by atoms with Crippen molar-refractivity contribution in [2.45, 2.75) is 18.4 Å². The minimum absolute atomic E-state index is 0.254. The lowest BCUT2D eigenvalue weighted by Crippen LogP contribution is -2.28. The molecule has 1 amide bonds. The monoisotopic (exact) mass is 261 g/mol. The number of carbonyl (C=O) groups excluding carboxylic acids is 1. The smallest absolute Gasteiger partial charge is 0.411 e. The summed E-state index contributed by atoms with van der Waals surface area (Å²) in [6, 6.07) is 6.07. The SMILES string of the molecule is COC(=O)Nc1ccc2c(c1)CC1(COC(N)=N1)C2. The van der Waals surface area contributed by atoms with E-state index in [1.54, 1.807) is 0 Å². The van der Waals surface area contributed by atoms with E-state index >= 15 is 0 Å². The van der Waals surface area contributed by atoms with Gasteiger partial charge >= 0.3 is 6.09 Å². The van der Waals surface area contributed by atoms with Crippen molar-refractivity contribution in [2.24, 2.45) is 10.7 Å². The summed E-state index contributed by atoms with van der Waals surface area (Å²) in [6.45, 7) is 0.521. The maximum Gasteiger partial charge on any atom is 0.411 e. The van der Waals surface area contributed by atoms with E-state index < -0.39 is 6.09 Å². The maximum atomic E-state index is 11.2. The summed E-state index contributed by atoms with van der Waals surface area (Å²) in [7, 11) is 1.34. The Balaban J connectivity index is 1.82. The lowest BCUT2D eigenvalue weighted by atomic mass is 9.99. The summed E-state index contributed by atoms with van der Waals surface area (Å²) >= 11 is 0. The largest absolute Gasteiger partial charge is 0.463 e. The van der Waals surface area contributed by atoms with Gasteiger partial charge in [-0.05, 0) is 23.3 Å². The van der Waals surface area contributed by atoms with Crippen molar-refractivity contribution < 1.29 is 14.3 Å². The Morgan fingerprint density at radius 2 is 2.26 bits per heavy atom. The Bertz CT molecular complexity index is 570. The van der Waals surface area contributed by atoms with Crippen LogP contribution in [0.5, 0.6) is 0 Å². The van der Waals surface area contributed by atoms with E-state index in [0.29, 0.717) is 6.61 Å². The van der Waals surface area contributed by atoms with Gasteiger partial charge in [-0.15, -0.1) is 0 Å². The molecule has 0 radical (unpaired) electrons. The molecule has 0 bridgehead atoms. The molecule has 1 atom stereocenters. The number of hydrogen-bond acceptors (Lipinski definition) is 5. The molecule has 3 rings (SSSR count). The minimum atomic E-state index is -0.473. The van der Waals surface area contributed by atoms with Crippen LogP contribution >= 0.6 is 0 Å². The van der Waals surface area contributed by atoms with Gasteiger partial charge in [0.05, 0.1) is 7.11 Å². The molecule has 1 aromatic rings. The first-order chi connectivity index (χ1) is 9.10. The third-order valence-electron chi connectivity index (χ3n) is 3.51. The number of rotatable bonds is 1. The zero-order chi connectivity index (χ0) is 13.5. The summed E-state index contributed by atoms with van der Waals surface area (Å²) in [5.41, 5.74) is 8.44. The van der Waals surface area contributed by atoms with Crippen LogP contribution in [0, 0.1) is 0 Å². The molecular formula is C13H15N3O3. The van der Waals surface area contributed by atoms with Gasteiger partial charge in [0.25, 0.3) is 6.02 Å². The molecule has 1 spiro atoms. The van der Waals surface area contributed by atoms with Crippen LogP contribution < -0.4 is 11.1 Å². The molecule has 19 heavy (non-hydrogen) atoms. The van der Waals surface area contributed by atoms with E-state index in [1.807, 2.05) is 18.2 Å². The van der Waals surface area contributed by atoms with Crippen LogP contribution in [-0.4, -0.2) is 31.4 Å². The van der Waals surface area contributed by atoms with Crippen LogP contribution in [0.4, 0.5) is 10.5 Å². The van der Waals surface area contributed by atoms with Gasteiger partial charge < -0.3 is 15.2 Å². The predicted octanol–water partition coefficient (Wildman–Crippen LogP) is 1.05. The van der Waals surface area contributed by atoms with Gasteiger partial charge in [-0.1, -0.05) is 6.07 Å². The highest BCUT2D eigenvalue weighted by Gasteiger charge is 2.41. The van der Waals surface area contributed by atoms with Crippen molar-refractivity contribution in [3.05, 3.63) is 29.3 Å². The van der Waals surface area contributed by atoms with Gasteiger partial charge in [-0.2, -0.15) is 0 Å². The fourth-order valence-electron chi connectivity index (χ4n) is 2.67. The van der Waals surface area contributed by atoms with Crippen molar-refractivity contribution in [1.29, 1.82) is 0 Å². The third-order valence-corrected chi connectivity index (χ3v) is 3.51. The molecule has 0 aromatic heterocycles. The van der Waals surface area contributed by atoms with Crippen LogP contribution in [0.15, 0.2) is 23.2 Å². The van der Waals surface area contributed by atoms with Crippen molar-refractivity contribution >= 4 is 17.8 Å². The Kier molecular flexibility index (Phi) is 2.58. The molecule has 1 aromatic carbocycles. The van der Waals surface area contributed by atoms with Crippen LogP contribution in [0.2, 0.25) is 0 Å². The fourth-order valence-corrected chi connectivity index (χ4v) is 2.67. The summed E-state index contributed by atoms with van der Waals surface area (Å²) < 4.78 is 9.84. The van der Waals surface area contributed by atoms with Crippen molar-refractivity contribution in [1.82, 2.24) is 0 Å². The number of anilines is 1. The topological polar surface area (TPSA) is 85.9 Å². The first kappa shape index (κ1) is 11.8. The van der Waals surface area contributed by atoms with E-state index in [4.69, 9.17) is 10.5 Å². The van der Waals surface area contributed by atoms with Crippen molar-refractivity contribution in [3.8, 4) is 0 Å². The number of hydrogen-bond donors (Lipinski definition) is 2. The number of methoxy groups -OCH3 is 1. The number of amides is 1. The Morgan fingerprint density at radius 3 is 2.95 bits per heavy atom. The number of amidine groups is 1. The Morgan fingerprint density at radius 1 is 1.47 bits per heavy atom. The molecule has 0 saturated carbocycles. The molecule has 6 heteroatoms. The normalized spacial score (nSPS) is 23.7. The van der Waals surface area contributed by atoms with Gasteiger partial charge in [-0.3, -0.25) is 5.32 Å². The molecule has 3 N–H and O–H groups in total. The van der Waals surface area contributed by atoms with Crippen LogP contribution in [-0.2, 0) is 22.3 Å². The average Bonchev–Trinajstić information content (AvgIpc) is 2.91. The number of fused-ring (bicyclic) bond motifs is 1. The van der Waals surface area contributed by atoms with Crippen molar-refractivity contribution in [3.63, 3.8) is 0 Å². The Labute approximate surface area is 110 Å². The van der Waals surface area contributed by atoms with E-state index in [-0.39, 0.29) is 11.6 Å². The molecule has 2 aliphatic rings. The van der Waals surface area contributed by atoms with Crippen LogP contribution in [0.1, 0.15) is 11.1 Å². The van der Waals surface area contributed by atoms with Crippen LogP contribution in [0.25, 0.3) is 0 Å². The number of ether oxygens (including phenoxy) is 2. The number of carbonyl (C=O) groups is 1. The maximum absolute atomic E-state index is 11.2. The third kappa shape index (κ3) is 2.09. The van der Waals surface area contributed by atoms with E-state index in [1.165, 1.54) is 12.7 Å². The fraction of sp³-hybridized carbons (Fsp3) is 0.385. The number of benzene rings is 1. The molecule has 0 saturated heterocycles. The second-order valence-corrected chi connectivity index (χ2v) is 4.92. The predicted molar refractivity (Wildman–Crippen MR) is 70.2 cm³/mol. The quantitative estimate of drug-likeness (QED) is 0.791. The molecule has 100 valence electrons. The molecule has 1 heterocycles. The zero-order valence-corrected chi connectivity index (χ0v) is 10.6. The summed E-state index contributed by atoms with van der Waals surface area (Å²) in [5, 5.41) is 2.66. The van der Waals surface area contributed by atoms with Crippen LogP contribution in [0.3, 0.4) is 0 Å². The molecule has 6 nitrogen and oxygen atoms in total. The minimum Gasteiger partial charge on any atom is -0.463 e. The molecular weight excluding hydrogens is 246 g/mol. The number of nitrogens with zero attached hydrogens (tertiary/aromatic N) is 1. The van der Waals surface area contributed by atoms with Crippen molar-refractivity contribution in [2.75, 3.05) is 19.0 Å². The lowest BCUT2D eigenvalue weighted by Gasteiger charge is -2.15. The number of nitrogens with two attached hydrogens (primary N) is 1. The second-order valence-electron chi connectivity index (χ2n) is 4.92. The first-order valence-electron chi connectivity index (χ1n) is 6.05. The summed E-state index contributed by atoms with van der Waals surface area (Å²) in [5.74, 6) is 0. The van der Waals surface area contributed by atoms with E-state index in [0.717, 1.165) is 24.1 Å². The van der Waals surface area contributed by atoms with Gasteiger partial charge in [0, 0.05) is 18.5 Å². The lowest BCUT2D eigenvalue weighted by molar-refractivity contribution is 0.187. The first-order valence-corrected chi connectivity index (χ1v) is 6.05. The summed E-state index contributed by atoms with van der Waals surface area (Å²) in [4.78, 5) is 15.6. The highest BCUT2D eigenvalue weighted by Crippen LogP contribution is 2.36. The highest BCUT2D eigenvalue weighted by molar-refractivity contribution is 5.84. The Hall–Kier alpha value is -2.24. The van der Waals surface area contributed by atoms with Gasteiger partial charge in [0.15, 0.2) is 0 Å². The summed E-state index contributed by atoms with van der Waals surface area (Å²) in [6.07, 6.45) is 1.13. The van der Waals surface area contributed by atoms with Gasteiger partial charge in [0.1, 0.15) is 12.1 Å². The van der Waals surface area contributed by atoms with E-state index in [9.17, 15) is 4.79 Å². The highest BCUT2D eigenvalue weighted by atomic mass is 16.5. The molecule has 1 aliphatic carbocycles. The number of aliphatic imine (C=N–C) groups is 1. The molecule has 1 unspecified atom stereocenters. The van der Waals surface area contributed by atoms with E-state index in [2.05, 4.69) is 15.0 Å². The standard InChI is InChI=1S/C13H15N3O3/c1-18-12(17)15-10-3-2-8-5-13(6-9(8)4-10)7-19-11(14)16-13/h2-4H,5-7H2,1H3,(H2,14,16)(H,15,17). The van der Waals surface area contributed by atoms with Gasteiger partial charge in [-0.25, -0.2) is 9.79 Å². The number of nitrogens with one attached hydrogen (secondary N) is 1. The zero-order valence-electron chi connectivity index (χ0n) is 10.6. The molecule has 1 aliphatic heterocycles. The second kappa shape index (κ2) is 4.15. The van der Waals surface area contributed by atoms with Gasteiger partial charge in [0.2, 0.25) is 0 Å².